The molecule has 1 fully saturated rings. The van der Waals surface area contributed by atoms with E-state index in [0.717, 1.165) is 13.2 Å². The topological polar surface area (TPSA) is 18.5 Å². The number of hydrogen-bond acceptors (Lipinski definition) is 2. The molecule has 1 aliphatic heterocycles. The van der Waals surface area contributed by atoms with Crippen molar-refractivity contribution in [2.24, 2.45) is 5.92 Å². The molecule has 1 unspecified atom stereocenters. The Balaban J connectivity index is 2.27. The van der Waals surface area contributed by atoms with Gasteiger partial charge in [-0.1, -0.05) is 20.3 Å². The minimum absolute atomic E-state index is 0.0972. The zero-order chi connectivity index (χ0) is 8.10. The van der Waals surface area contributed by atoms with E-state index < -0.39 is 0 Å². The summed E-state index contributed by atoms with van der Waals surface area (Å²) >= 11 is 0. The van der Waals surface area contributed by atoms with Crippen LogP contribution in [-0.2, 0) is 9.47 Å². The average Bonchev–Trinajstić information content (AvgIpc) is 2.52. The van der Waals surface area contributed by atoms with Crippen LogP contribution in [0.2, 0.25) is 0 Å². The molecule has 1 aliphatic rings. The molecule has 1 atom stereocenters. The van der Waals surface area contributed by atoms with Crippen LogP contribution >= 0.6 is 0 Å². The Morgan fingerprint density at radius 1 is 1.27 bits per heavy atom. The third-order valence-corrected chi connectivity index (χ3v) is 2.22. The molecule has 1 saturated heterocycles. The summed E-state index contributed by atoms with van der Waals surface area (Å²) in [7, 11) is 0. The van der Waals surface area contributed by atoms with Gasteiger partial charge in [0.15, 0.2) is 6.29 Å². The molecule has 1 rings (SSSR count). The van der Waals surface area contributed by atoms with Gasteiger partial charge in [-0.15, -0.1) is 0 Å². The van der Waals surface area contributed by atoms with Crippen molar-refractivity contribution in [2.75, 3.05) is 13.2 Å². The SMILES string of the molecule is CCCC(CC)C1OCCO1. The first-order valence-electron chi connectivity index (χ1n) is 4.61. The fourth-order valence-corrected chi connectivity index (χ4v) is 1.55. The van der Waals surface area contributed by atoms with E-state index in [0.29, 0.717) is 5.92 Å². The predicted molar refractivity (Wildman–Crippen MR) is 44.4 cm³/mol. The lowest BCUT2D eigenvalue weighted by molar-refractivity contribution is -0.0864. The molecular weight excluding hydrogens is 140 g/mol. The normalized spacial score (nSPS) is 22.4. The highest BCUT2D eigenvalue weighted by atomic mass is 16.7. The van der Waals surface area contributed by atoms with Crippen LogP contribution in [0.3, 0.4) is 0 Å². The first kappa shape index (κ1) is 9.01. The maximum absolute atomic E-state index is 5.44. The first-order valence-corrected chi connectivity index (χ1v) is 4.61. The monoisotopic (exact) mass is 158 g/mol. The second kappa shape index (κ2) is 4.73. The zero-order valence-corrected chi connectivity index (χ0v) is 7.51. The third kappa shape index (κ3) is 2.46. The molecule has 0 aromatic carbocycles. The van der Waals surface area contributed by atoms with Crippen molar-refractivity contribution in [1.82, 2.24) is 0 Å². The average molecular weight is 158 g/mol. The van der Waals surface area contributed by atoms with E-state index in [2.05, 4.69) is 13.8 Å². The molecule has 1 heterocycles. The Hall–Kier alpha value is -0.0800. The Kier molecular flexibility index (Phi) is 3.87. The predicted octanol–water partition coefficient (Wildman–Crippen LogP) is 2.19. The molecule has 66 valence electrons. The molecule has 0 radical (unpaired) electrons. The Bertz CT molecular complexity index is 97.7. The summed E-state index contributed by atoms with van der Waals surface area (Å²) in [6, 6.07) is 0. The minimum atomic E-state index is 0.0972. The van der Waals surface area contributed by atoms with Gasteiger partial charge < -0.3 is 9.47 Å². The van der Waals surface area contributed by atoms with Gasteiger partial charge in [0.05, 0.1) is 13.2 Å². The molecule has 0 N–H and O–H groups in total. The van der Waals surface area contributed by atoms with Gasteiger partial charge in [0.25, 0.3) is 0 Å². The molecule has 0 aromatic rings. The Morgan fingerprint density at radius 3 is 2.36 bits per heavy atom. The summed E-state index contributed by atoms with van der Waals surface area (Å²) in [5.41, 5.74) is 0. The minimum Gasteiger partial charge on any atom is -0.350 e. The van der Waals surface area contributed by atoms with Crippen LogP contribution < -0.4 is 0 Å². The van der Waals surface area contributed by atoms with Gasteiger partial charge in [-0.25, -0.2) is 0 Å². The highest BCUT2D eigenvalue weighted by Crippen LogP contribution is 2.21. The van der Waals surface area contributed by atoms with Gasteiger partial charge in [-0.3, -0.25) is 0 Å². The Morgan fingerprint density at radius 2 is 1.91 bits per heavy atom. The van der Waals surface area contributed by atoms with E-state index in [1.165, 1.54) is 19.3 Å². The molecule has 0 bridgehead atoms. The fraction of sp³-hybridized carbons (Fsp3) is 1.00. The van der Waals surface area contributed by atoms with E-state index in [1.54, 1.807) is 0 Å². The standard InChI is InChI=1S/C9H18O2/c1-3-5-8(4-2)9-10-6-7-11-9/h8-9H,3-7H2,1-2H3. The largest absolute Gasteiger partial charge is 0.350 e. The molecule has 0 amide bonds. The maximum Gasteiger partial charge on any atom is 0.160 e. The van der Waals surface area contributed by atoms with Crippen LogP contribution in [0.15, 0.2) is 0 Å². The first-order chi connectivity index (χ1) is 5.38. The quantitative estimate of drug-likeness (QED) is 0.624. The third-order valence-electron chi connectivity index (χ3n) is 2.22. The number of ether oxygens (including phenoxy) is 2. The summed E-state index contributed by atoms with van der Waals surface area (Å²) in [6.07, 6.45) is 3.71. The van der Waals surface area contributed by atoms with Crippen molar-refractivity contribution in [1.29, 1.82) is 0 Å². The molecular formula is C9H18O2. The molecule has 11 heavy (non-hydrogen) atoms. The zero-order valence-electron chi connectivity index (χ0n) is 7.51. The van der Waals surface area contributed by atoms with Crippen molar-refractivity contribution in [3.05, 3.63) is 0 Å². The van der Waals surface area contributed by atoms with E-state index in [4.69, 9.17) is 9.47 Å². The van der Waals surface area contributed by atoms with Crippen LogP contribution in [0, 0.1) is 5.92 Å². The van der Waals surface area contributed by atoms with Crippen LogP contribution in [-0.4, -0.2) is 19.5 Å². The fourth-order valence-electron chi connectivity index (χ4n) is 1.55. The summed E-state index contributed by atoms with van der Waals surface area (Å²) in [6.45, 7) is 5.97. The van der Waals surface area contributed by atoms with Gasteiger partial charge >= 0.3 is 0 Å². The van der Waals surface area contributed by atoms with Crippen molar-refractivity contribution in [3.8, 4) is 0 Å². The molecule has 2 nitrogen and oxygen atoms in total. The van der Waals surface area contributed by atoms with Gasteiger partial charge in [-0.05, 0) is 12.8 Å². The summed E-state index contributed by atoms with van der Waals surface area (Å²) in [4.78, 5) is 0. The second-order valence-electron chi connectivity index (χ2n) is 3.07. The summed E-state index contributed by atoms with van der Waals surface area (Å²) in [5, 5.41) is 0. The van der Waals surface area contributed by atoms with Crippen molar-refractivity contribution >= 4 is 0 Å². The van der Waals surface area contributed by atoms with Crippen LogP contribution in [0.25, 0.3) is 0 Å². The highest BCUT2D eigenvalue weighted by molar-refractivity contribution is 4.64. The molecule has 0 aromatic heterocycles. The smallest absolute Gasteiger partial charge is 0.160 e. The number of rotatable bonds is 4. The highest BCUT2D eigenvalue weighted by Gasteiger charge is 2.24. The molecule has 0 saturated carbocycles. The van der Waals surface area contributed by atoms with Gasteiger partial charge in [0, 0.05) is 5.92 Å². The van der Waals surface area contributed by atoms with Gasteiger partial charge in [-0.2, -0.15) is 0 Å². The lowest BCUT2D eigenvalue weighted by Crippen LogP contribution is -2.20. The maximum atomic E-state index is 5.44. The van der Waals surface area contributed by atoms with Crippen molar-refractivity contribution in [3.63, 3.8) is 0 Å². The van der Waals surface area contributed by atoms with E-state index in [1.807, 2.05) is 0 Å². The molecule has 0 aliphatic carbocycles. The van der Waals surface area contributed by atoms with E-state index in [-0.39, 0.29) is 6.29 Å². The lowest BCUT2D eigenvalue weighted by atomic mass is 10.0. The second-order valence-corrected chi connectivity index (χ2v) is 3.07. The van der Waals surface area contributed by atoms with E-state index in [9.17, 15) is 0 Å². The van der Waals surface area contributed by atoms with Crippen LogP contribution in [0.5, 0.6) is 0 Å². The number of hydrogen-bond donors (Lipinski definition) is 0. The molecule has 0 spiro atoms. The Labute approximate surface area is 68.9 Å². The van der Waals surface area contributed by atoms with Crippen molar-refractivity contribution < 1.29 is 9.47 Å². The van der Waals surface area contributed by atoms with Crippen LogP contribution in [0.4, 0.5) is 0 Å². The lowest BCUT2D eigenvalue weighted by Gasteiger charge is -2.19. The van der Waals surface area contributed by atoms with E-state index >= 15 is 0 Å². The van der Waals surface area contributed by atoms with Crippen molar-refractivity contribution in [2.45, 2.75) is 39.4 Å². The van der Waals surface area contributed by atoms with Gasteiger partial charge in [0.2, 0.25) is 0 Å². The summed E-state index contributed by atoms with van der Waals surface area (Å²) in [5.74, 6) is 0.613. The van der Waals surface area contributed by atoms with Crippen LogP contribution in [0.1, 0.15) is 33.1 Å². The molecule has 2 heteroatoms. The van der Waals surface area contributed by atoms with Gasteiger partial charge in [0.1, 0.15) is 0 Å². The summed E-state index contributed by atoms with van der Waals surface area (Å²) < 4.78 is 10.9.